The molecule has 2 aromatic heterocycles. The summed E-state index contributed by atoms with van der Waals surface area (Å²) in [6.07, 6.45) is 0.101. The highest BCUT2D eigenvalue weighted by molar-refractivity contribution is 7.47. The molecule has 184 valence electrons. The fourth-order valence-electron chi connectivity index (χ4n) is 3.47. The van der Waals surface area contributed by atoms with Gasteiger partial charge in [0.05, 0.1) is 39.4 Å². The number of aliphatic hydroxyl groups is 1. The smallest absolute Gasteiger partial charge is 0.472 e. The van der Waals surface area contributed by atoms with Crippen molar-refractivity contribution >= 4 is 30.9 Å². The van der Waals surface area contributed by atoms with Crippen molar-refractivity contribution < 1.29 is 42.6 Å². The average Bonchev–Trinajstić information content (AvgIpc) is 3.29. The number of rotatable bonds is 11. The molecule has 2 aromatic rings. The summed E-state index contributed by atoms with van der Waals surface area (Å²) in [6.45, 7) is 3.02. The van der Waals surface area contributed by atoms with Crippen molar-refractivity contribution in [2.75, 3.05) is 32.7 Å². The van der Waals surface area contributed by atoms with Crippen LogP contribution < -0.4 is 10.5 Å². The number of nitrogen functional groups attached to an aromatic ring is 1. The van der Waals surface area contributed by atoms with Gasteiger partial charge < -0.3 is 29.9 Å². The molecule has 15 heteroatoms. The van der Waals surface area contributed by atoms with Crippen LogP contribution in [0, 0.1) is 0 Å². The molecule has 3 heterocycles. The van der Waals surface area contributed by atoms with Gasteiger partial charge in [0.25, 0.3) is 0 Å². The Balaban J connectivity index is 1.60. The van der Waals surface area contributed by atoms with E-state index >= 15 is 0 Å². The van der Waals surface area contributed by atoms with Crippen LogP contribution in [0.25, 0.3) is 11.2 Å². The highest BCUT2D eigenvalue weighted by atomic mass is 31.2. The van der Waals surface area contributed by atoms with Crippen LogP contribution >= 0.6 is 7.82 Å². The number of imidazole rings is 1. The SMILES string of the molecule is CCOC(=O)CCCOP(=O)(O)OC[C@@H]1C[C@@](C)(O)[C@H](n2cnc3c(OC)nc(N)nc32)O1. The fraction of sp³-hybridized carbons (Fsp3) is 0.667. The molecule has 0 aliphatic carbocycles. The Kier molecular flexibility index (Phi) is 7.88. The van der Waals surface area contributed by atoms with Crippen LogP contribution in [0.2, 0.25) is 0 Å². The Morgan fingerprint density at radius 1 is 1.42 bits per heavy atom. The van der Waals surface area contributed by atoms with Gasteiger partial charge in [-0.1, -0.05) is 0 Å². The van der Waals surface area contributed by atoms with E-state index in [1.165, 1.54) is 18.0 Å². The summed E-state index contributed by atoms with van der Waals surface area (Å²) >= 11 is 0. The van der Waals surface area contributed by atoms with Crippen molar-refractivity contribution in [3.8, 4) is 5.88 Å². The zero-order chi connectivity index (χ0) is 24.2. The molecule has 33 heavy (non-hydrogen) atoms. The van der Waals surface area contributed by atoms with Crippen molar-refractivity contribution in [1.82, 2.24) is 19.5 Å². The number of carbonyl (C=O) groups excluding carboxylic acids is 1. The minimum absolute atomic E-state index is 0.0417. The number of carbonyl (C=O) groups is 1. The molecule has 14 nitrogen and oxygen atoms in total. The van der Waals surface area contributed by atoms with E-state index in [4.69, 9.17) is 29.0 Å². The lowest BCUT2D eigenvalue weighted by Crippen LogP contribution is -2.32. The number of ether oxygens (including phenoxy) is 3. The summed E-state index contributed by atoms with van der Waals surface area (Å²) in [5.74, 6) is -0.283. The third-order valence-corrected chi connectivity index (χ3v) is 5.84. The molecule has 1 unspecified atom stereocenters. The predicted octanol–water partition coefficient (Wildman–Crippen LogP) is 0.932. The van der Waals surface area contributed by atoms with E-state index < -0.39 is 31.7 Å². The van der Waals surface area contributed by atoms with Crippen LogP contribution in [0.1, 0.15) is 39.3 Å². The lowest BCUT2D eigenvalue weighted by atomic mass is 10.0. The molecule has 1 aliphatic heterocycles. The number of phosphoric ester groups is 1. The molecule has 0 aromatic carbocycles. The molecular formula is C18H28N5O9P. The second-order valence-corrected chi connectivity index (χ2v) is 9.05. The topological polar surface area (TPSA) is 190 Å². The number of nitrogens with two attached hydrogens (primary N) is 1. The number of methoxy groups -OCH3 is 1. The number of phosphoric acid groups is 1. The first-order valence-electron chi connectivity index (χ1n) is 10.3. The summed E-state index contributed by atoms with van der Waals surface area (Å²) in [5.41, 5.74) is 4.98. The van der Waals surface area contributed by atoms with E-state index in [0.29, 0.717) is 11.2 Å². The van der Waals surface area contributed by atoms with Crippen LogP contribution in [-0.4, -0.2) is 74.1 Å². The van der Waals surface area contributed by atoms with Crippen molar-refractivity contribution in [2.24, 2.45) is 0 Å². The first kappa shape index (κ1) is 25.3. The number of anilines is 1. The van der Waals surface area contributed by atoms with E-state index in [1.807, 2.05) is 0 Å². The minimum atomic E-state index is -4.38. The van der Waals surface area contributed by atoms with Crippen LogP contribution in [0.15, 0.2) is 6.33 Å². The van der Waals surface area contributed by atoms with Crippen LogP contribution in [-0.2, 0) is 27.9 Å². The number of esters is 1. The number of nitrogens with zero attached hydrogens (tertiary/aromatic N) is 4. The van der Waals surface area contributed by atoms with Gasteiger partial charge in [-0.2, -0.15) is 9.97 Å². The molecule has 1 aliphatic rings. The van der Waals surface area contributed by atoms with E-state index in [2.05, 4.69) is 15.0 Å². The maximum atomic E-state index is 12.1. The van der Waals surface area contributed by atoms with E-state index in [-0.39, 0.29) is 50.9 Å². The number of aromatic nitrogens is 4. The Morgan fingerprint density at radius 3 is 2.88 bits per heavy atom. The van der Waals surface area contributed by atoms with Gasteiger partial charge in [-0.25, -0.2) is 9.55 Å². The van der Waals surface area contributed by atoms with Crippen molar-refractivity contribution in [1.29, 1.82) is 0 Å². The first-order valence-corrected chi connectivity index (χ1v) is 11.7. The highest BCUT2D eigenvalue weighted by Crippen LogP contribution is 2.46. The molecule has 0 spiro atoms. The normalized spacial score (nSPS) is 24.6. The second kappa shape index (κ2) is 10.3. The summed E-state index contributed by atoms with van der Waals surface area (Å²) in [4.78, 5) is 33.5. The van der Waals surface area contributed by atoms with Gasteiger partial charge in [-0.3, -0.25) is 18.4 Å². The summed E-state index contributed by atoms with van der Waals surface area (Å²) in [6, 6.07) is 0. The third kappa shape index (κ3) is 6.16. The van der Waals surface area contributed by atoms with Gasteiger partial charge >= 0.3 is 13.8 Å². The third-order valence-electron chi connectivity index (χ3n) is 4.86. The predicted molar refractivity (Wildman–Crippen MR) is 113 cm³/mol. The molecule has 1 fully saturated rings. The molecule has 4 N–H and O–H groups in total. The van der Waals surface area contributed by atoms with Crippen molar-refractivity contribution in [3.63, 3.8) is 0 Å². The van der Waals surface area contributed by atoms with Gasteiger partial charge in [-0.05, 0) is 20.3 Å². The molecule has 0 amide bonds. The van der Waals surface area contributed by atoms with Gasteiger partial charge in [0.1, 0.15) is 5.60 Å². The van der Waals surface area contributed by atoms with Gasteiger partial charge in [0.2, 0.25) is 11.8 Å². The molecule has 0 radical (unpaired) electrons. The van der Waals surface area contributed by atoms with E-state index in [9.17, 15) is 19.4 Å². The lowest BCUT2D eigenvalue weighted by molar-refractivity contribution is -0.143. The van der Waals surface area contributed by atoms with Crippen LogP contribution in [0.3, 0.4) is 0 Å². The van der Waals surface area contributed by atoms with E-state index in [1.54, 1.807) is 13.8 Å². The number of hydrogen-bond donors (Lipinski definition) is 3. The Bertz CT molecular complexity index is 1030. The fourth-order valence-corrected chi connectivity index (χ4v) is 4.26. The van der Waals surface area contributed by atoms with Crippen molar-refractivity contribution in [3.05, 3.63) is 6.33 Å². The lowest BCUT2D eigenvalue weighted by Gasteiger charge is -2.24. The molecular weight excluding hydrogens is 461 g/mol. The Morgan fingerprint density at radius 2 is 2.18 bits per heavy atom. The summed E-state index contributed by atoms with van der Waals surface area (Å²) in [5, 5.41) is 10.9. The maximum Gasteiger partial charge on any atom is 0.472 e. The quantitative estimate of drug-likeness (QED) is 0.230. The largest absolute Gasteiger partial charge is 0.479 e. The van der Waals surface area contributed by atoms with Crippen molar-refractivity contribution in [2.45, 2.75) is 51.0 Å². The number of hydrogen-bond acceptors (Lipinski definition) is 12. The zero-order valence-electron chi connectivity index (χ0n) is 18.5. The molecule has 0 bridgehead atoms. The van der Waals surface area contributed by atoms with Gasteiger partial charge in [0, 0.05) is 12.8 Å². The highest BCUT2D eigenvalue weighted by Gasteiger charge is 2.46. The monoisotopic (exact) mass is 489 g/mol. The molecule has 3 rings (SSSR count). The van der Waals surface area contributed by atoms with Gasteiger partial charge in [-0.15, -0.1) is 0 Å². The molecule has 4 atom stereocenters. The second-order valence-electron chi connectivity index (χ2n) is 7.59. The molecule has 0 saturated carbocycles. The van der Waals surface area contributed by atoms with Crippen LogP contribution in [0.5, 0.6) is 5.88 Å². The van der Waals surface area contributed by atoms with Crippen LogP contribution in [0.4, 0.5) is 5.95 Å². The summed E-state index contributed by atoms with van der Waals surface area (Å²) in [7, 11) is -2.97. The first-order chi connectivity index (χ1) is 15.6. The average molecular weight is 489 g/mol. The standard InChI is InChI=1S/C18H28N5O9P/c1-4-29-12(24)6-5-7-30-33(26,27)31-9-11-8-18(2,25)16(32-11)23-10-20-13-14(23)21-17(19)22-15(13)28-3/h10-11,16,25H,4-9H2,1-3H3,(H,26,27)(H2,19,21,22)/t11-,16+,18+/m0/s1. The Hall–Kier alpha value is -2.35. The summed E-state index contributed by atoms with van der Waals surface area (Å²) < 4.78 is 39.3. The van der Waals surface area contributed by atoms with E-state index in [0.717, 1.165) is 0 Å². The zero-order valence-corrected chi connectivity index (χ0v) is 19.4. The maximum absolute atomic E-state index is 12.1. The Labute approximate surface area is 189 Å². The minimum Gasteiger partial charge on any atom is -0.479 e. The van der Waals surface area contributed by atoms with Gasteiger partial charge in [0.15, 0.2) is 17.4 Å². The molecule has 1 saturated heterocycles. The number of fused-ring (bicyclic) bond motifs is 1.